The molecular formula is C23H23N3O3. The van der Waals surface area contributed by atoms with Crippen molar-refractivity contribution in [1.82, 2.24) is 15.3 Å². The minimum absolute atomic E-state index is 0.295. The lowest BCUT2D eigenvalue weighted by Crippen LogP contribution is -2.53. The van der Waals surface area contributed by atoms with E-state index in [0.29, 0.717) is 11.3 Å². The van der Waals surface area contributed by atoms with Gasteiger partial charge in [-0.15, -0.1) is 0 Å². The second kappa shape index (κ2) is 7.29. The van der Waals surface area contributed by atoms with Crippen LogP contribution in [0.15, 0.2) is 61.1 Å². The molecule has 0 saturated carbocycles. The van der Waals surface area contributed by atoms with Gasteiger partial charge in [-0.3, -0.25) is 14.8 Å². The van der Waals surface area contributed by atoms with Gasteiger partial charge in [0.2, 0.25) is 0 Å². The molecule has 3 aromatic rings. The SMILES string of the molecule is Cc1cc(-c2ccc3c(c2)[C@@H](NC(=O)c2cccnc2)[C@H](O)C(C)(C)O3)ccn1. The van der Waals surface area contributed by atoms with Crippen LogP contribution in [-0.2, 0) is 0 Å². The quantitative estimate of drug-likeness (QED) is 0.717. The predicted molar refractivity (Wildman–Crippen MR) is 110 cm³/mol. The smallest absolute Gasteiger partial charge is 0.253 e. The number of rotatable bonds is 3. The molecule has 148 valence electrons. The van der Waals surface area contributed by atoms with E-state index in [1.807, 2.05) is 51.1 Å². The van der Waals surface area contributed by atoms with Gasteiger partial charge in [0.05, 0.1) is 11.6 Å². The second-order valence-electron chi connectivity index (χ2n) is 7.78. The third-order valence-corrected chi connectivity index (χ3v) is 5.19. The van der Waals surface area contributed by atoms with Crippen LogP contribution in [0.3, 0.4) is 0 Å². The molecule has 0 bridgehead atoms. The number of aromatic nitrogens is 2. The first-order valence-electron chi connectivity index (χ1n) is 9.50. The molecule has 1 amide bonds. The zero-order chi connectivity index (χ0) is 20.6. The van der Waals surface area contributed by atoms with Crippen LogP contribution in [0.25, 0.3) is 11.1 Å². The highest BCUT2D eigenvalue weighted by molar-refractivity contribution is 5.94. The molecule has 2 aromatic heterocycles. The largest absolute Gasteiger partial charge is 0.485 e. The lowest BCUT2D eigenvalue weighted by atomic mass is 9.85. The zero-order valence-corrected chi connectivity index (χ0v) is 16.6. The summed E-state index contributed by atoms with van der Waals surface area (Å²) in [6, 6.07) is 12.5. The number of pyridine rings is 2. The molecule has 0 aliphatic carbocycles. The molecule has 3 heterocycles. The summed E-state index contributed by atoms with van der Waals surface area (Å²) < 4.78 is 6.04. The van der Waals surface area contributed by atoms with Gasteiger partial charge in [0, 0.05) is 29.8 Å². The number of aliphatic hydroxyl groups excluding tert-OH is 1. The Labute approximate surface area is 169 Å². The number of hydrogen-bond donors (Lipinski definition) is 2. The maximum absolute atomic E-state index is 12.8. The first kappa shape index (κ1) is 19.1. The first-order valence-corrected chi connectivity index (χ1v) is 9.50. The minimum atomic E-state index is -0.926. The van der Waals surface area contributed by atoms with Gasteiger partial charge in [0.15, 0.2) is 0 Å². The topological polar surface area (TPSA) is 84.3 Å². The molecule has 29 heavy (non-hydrogen) atoms. The molecule has 4 rings (SSSR count). The normalized spacial score (nSPS) is 19.7. The van der Waals surface area contributed by atoms with E-state index < -0.39 is 17.7 Å². The van der Waals surface area contributed by atoms with Crippen molar-refractivity contribution in [3.8, 4) is 16.9 Å². The van der Waals surface area contributed by atoms with E-state index in [9.17, 15) is 9.90 Å². The Kier molecular flexibility index (Phi) is 4.80. The summed E-state index contributed by atoms with van der Waals surface area (Å²) in [5, 5.41) is 13.9. The van der Waals surface area contributed by atoms with Gasteiger partial charge in [0.25, 0.3) is 5.91 Å². The fraction of sp³-hybridized carbons (Fsp3) is 0.261. The first-order chi connectivity index (χ1) is 13.8. The van der Waals surface area contributed by atoms with Crippen LogP contribution < -0.4 is 10.1 Å². The molecule has 0 fully saturated rings. The van der Waals surface area contributed by atoms with Crippen molar-refractivity contribution >= 4 is 5.91 Å². The molecule has 1 aliphatic rings. The second-order valence-corrected chi connectivity index (χ2v) is 7.78. The average Bonchev–Trinajstić information content (AvgIpc) is 2.71. The van der Waals surface area contributed by atoms with Crippen LogP contribution in [0, 0.1) is 6.92 Å². The molecule has 2 atom stereocenters. The Morgan fingerprint density at radius 1 is 1.14 bits per heavy atom. The van der Waals surface area contributed by atoms with Crippen LogP contribution >= 0.6 is 0 Å². The van der Waals surface area contributed by atoms with E-state index in [1.54, 1.807) is 24.5 Å². The lowest BCUT2D eigenvalue weighted by molar-refractivity contribution is -0.0627. The highest BCUT2D eigenvalue weighted by Gasteiger charge is 2.43. The summed E-state index contributed by atoms with van der Waals surface area (Å²) in [5.74, 6) is 0.349. The maximum Gasteiger partial charge on any atom is 0.253 e. The molecule has 1 aromatic carbocycles. The Balaban J connectivity index is 1.75. The van der Waals surface area contributed by atoms with Gasteiger partial charge in [-0.1, -0.05) is 6.07 Å². The monoisotopic (exact) mass is 389 g/mol. The average molecular weight is 389 g/mol. The summed E-state index contributed by atoms with van der Waals surface area (Å²) in [6.07, 6.45) is 3.95. The number of fused-ring (bicyclic) bond motifs is 1. The molecule has 6 heteroatoms. The molecule has 2 N–H and O–H groups in total. The summed E-state index contributed by atoms with van der Waals surface area (Å²) in [7, 11) is 0. The van der Waals surface area contributed by atoms with E-state index in [4.69, 9.17) is 4.74 Å². The van der Waals surface area contributed by atoms with Crippen molar-refractivity contribution in [1.29, 1.82) is 0 Å². The summed E-state index contributed by atoms with van der Waals surface area (Å²) in [6.45, 7) is 5.56. The van der Waals surface area contributed by atoms with Crippen LogP contribution in [0.2, 0.25) is 0 Å². The molecule has 0 spiro atoms. The number of ether oxygens (including phenoxy) is 1. The molecule has 0 saturated heterocycles. The Hall–Kier alpha value is -3.25. The van der Waals surface area contributed by atoms with Crippen LogP contribution in [-0.4, -0.2) is 32.7 Å². The number of carbonyl (C=O) groups excluding carboxylic acids is 1. The third kappa shape index (κ3) is 3.71. The minimum Gasteiger partial charge on any atom is -0.485 e. The van der Waals surface area contributed by atoms with E-state index >= 15 is 0 Å². The van der Waals surface area contributed by atoms with Gasteiger partial charge in [-0.25, -0.2) is 0 Å². The highest BCUT2D eigenvalue weighted by Crippen LogP contribution is 2.41. The van der Waals surface area contributed by atoms with Crippen molar-refractivity contribution in [2.75, 3.05) is 0 Å². The Morgan fingerprint density at radius 3 is 2.66 bits per heavy atom. The van der Waals surface area contributed by atoms with Gasteiger partial charge in [-0.05, 0) is 68.3 Å². The van der Waals surface area contributed by atoms with Gasteiger partial charge < -0.3 is 15.2 Å². The Bertz CT molecular complexity index is 1050. The van der Waals surface area contributed by atoms with Crippen molar-refractivity contribution in [2.24, 2.45) is 0 Å². The summed E-state index contributed by atoms with van der Waals surface area (Å²) in [5.41, 5.74) is 3.21. The number of amides is 1. The van der Waals surface area contributed by atoms with Crippen LogP contribution in [0.4, 0.5) is 0 Å². The van der Waals surface area contributed by atoms with E-state index in [0.717, 1.165) is 22.4 Å². The fourth-order valence-corrected chi connectivity index (χ4v) is 3.58. The maximum atomic E-state index is 12.8. The van der Waals surface area contributed by atoms with Gasteiger partial charge in [-0.2, -0.15) is 0 Å². The van der Waals surface area contributed by atoms with E-state index in [2.05, 4.69) is 15.3 Å². The summed E-state index contributed by atoms with van der Waals surface area (Å²) >= 11 is 0. The molecule has 1 aliphatic heterocycles. The number of nitrogens with zero attached hydrogens (tertiary/aromatic N) is 2. The highest BCUT2D eigenvalue weighted by atomic mass is 16.5. The molecule has 6 nitrogen and oxygen atoms in total. The number of hydrogen-bond acceptors (Lipinski definition) is 5. The van der Waals surface area contributed by atoms with Gasteiger partial charge in [0.1, 0.15) is 17.5 Å². The van der Waals surface area contributed by atoms with Crippen molar-refractivity contribution in [2.45, 2.75) is 38.5 Å². The van der Waals surface area contributed by atoms with Gasteiger partial charge >= 0.3 is 0 Å². The molecule has 0 unspecified atom stereocenters. The fourth-order valence-electron chi connectivity index (χ4n) is 3.58. The lowest BCUT2D eigenvalue weighted by Gasteiger charge is -2.42. The van der Waals surface area contributed by atoms with Crippen molar-refractivity contribution < 1.29 is 14.6 Å². The Morgan fingerprint density at radius 2 is 1.93 bits per heavy atom. The molecule has 0 radical (unpaired) electrons. The van der Waals surface area contributed by atoms with Crippen molar-refractivity contribution in [3.63, 3.8) is 0 Å². The molecular weight excluding hydrogens is 366 g/mol. The van der Waals surface area contributed by atoms with Crippen LogP contribution in [0.5, 0.6) is 5.75 Å². The number of carbonyl (C=O) groups is 1. The number of aliphatic hydroxyl groups is 1. The number of benzene rings is 1. The number of aryl methyl sites for hydroxylation is 1. The summed E-state index contributed by atoms with van der Waals surface area (Å²) in [4.78, 5) is 21.0. The van der Waals surface area contributed by atoms with Crippen molar-refractivity contribution in [3.05, 3.63) is 77.9 Å². The zero-order valence-electron chi connectivity index (χ0n) is 16.6. The van der Waals surface area contributed by atoms with Crippen LogP contribution in [0.1, 0.15) is 41.5 Å². The third-order valence-electron chi connectivity index (χ3n) is 5.19. The predicted octanol–water partition coefficient (Wildman–Crippen LogP) is 3.46. The van der Waals surface area contributed by atoms with E-state index in [1.165, 1.54) is 6.20 Å². The number of nitrogens with one attached hydrogen (secondary N) is 1. The van der Waals surface area contributed by atoms with E-state index in [-0.39, 0.29) is 5.91 Å². The standard InChI is InChI=1S/C23H23N3O3/c1-14-11-16(8-10-25-14)15-6-7-19-18(12-15)20(21(27)23(2,3)29-19)26-22(28)17-5-4-9-24-13-17/h4-13,20-21,27H,1-3H3,(H,26,28)/t20-,21+/m1/s1.